The molecule has 0 aliphatic carbocycles. The molecule has 1 aliphatic rings. The summed E-state index contributed by atoms with van der Waals surface area (Å²) >= 11 is 0.697. The normalized spacial score (nSPS) is 34.8. The number of thioether (sulfide) groups is 1. The number of aliphatic hydroxyl groups excluding tert-OH is 3. The molecule has 11 heteroatoms. The molecule has 0 spiro atoms. The molecular formula is C9H18NO8PS. The molecule has 0 radical (unpaired) electrons. The van der Waals surface area contributed by atoms with Gasteiger partial charge in [0.1, 0.15) is 23.7 Å². The third-order valence-electron chi connectivity index (χ3n) is 2.66. The summed E-state index contributed by atoms with van der Waals surface area (Å²) in [6, 6.07) is -1.04. The average Bonchev–Trinajstić information content (AvgIpc) is 2.32. The molecule has 6 N–H and O–H groups in total. The Kier molecular flexibility index (Phi) is 6.42. The van der Waals surface area contributed by atoms with E-state index in [0.29, 0.717) is 11.8 Å². The van der Waals surface area contributed by atoms with E-state index in [1.165, 1.54) is 6.92 Å². The number of carbonyl (C=O) groups excluding carboxylic acids is 1. The van der Waals surface area contributed by atoms with Crippen molar-refractivity contribution in [1.82, 2.24) is 5.32 Å². The van der Waals surface area contributed by atoms with Crippen LogP contribution < -0.4 is 5.32 Å². The van der Waals surface area contributed by atoms with Crippen LogP contribution in [0.15, 0.2) is 0 Å². The SMILES string of the molecule is CC(=O)N[C@@H]1[C@@H](O)[C@H](O)[C@@H](CO)O[C@H]1SCP(=O)(O)O. The van der Waals surface area contributed by atoms with Crippen molar-refractivity contribution in [2.75, 3.05) is 12.1 Å². The zero-order chi connectivity index (χ0) is 15.5. The van der Waals surface area contributed by atoms with Crippen molar-refractivity contribution < 1.29 is 39.2 Å². The van der Waals surface area contributed by atoms with E-state index in [4.69, 9.17) is 19.6 Å². The first-order valence-electron chi connectivity index (χ1n) is 5.71. The Labute approximate surface area is 119 Å². The van der Waals surface area contributed by atoms with Crippen LogP contribution in [-0.4, -0.2) is 72.9 Å². The van der Waals surface area contributed by atoms with E-state index >= 15 is 0 Å². The van der Waals surface area contributed by atoms with Crippen molar-refractivity contribution in [1.29, 1.82) is 0 Å². The van der Waals surface area contributed by atoms with E-state index in [1.807, 2.05) is 0 Å². The minimum Gasteiger partial charge on any atom is -0.394 e. The van der Waals surface area contributed by atoms with E-state index in [2.05, 4.69) is 5.32 Å². The fraction of sp³-hybridized carbons (Fsp3) is 0.889. The van der Waals surface area contributed by atoms with Crippen molar-refractivity contribution in [2.24, 2.45) is 0 Å². The number of nitrogens with one attached hydrogen (secondary N) is 1. The van der Waals surface area contributed by atoms with Gasteiger partial charge in [-0.25, -0.2) is 0 Å². The van der Waals surface area contributed by atoms with Gasteiger partial charge < -0.3 is 35.2 Å². The topological polar surface area (TPSA) is 157 Å². The molecular weight excluding hydrogens is 313 g/mol. The molecule has 9 nitrogen and oxygen atoms in total. The summed E-state index contributed by atoms with van der Waals surface area (Å²) in [5, 5.41) is 31.1. The van der Waals surface area contributed by atoms with Crippen molar-refractivity contribution in [2.45, 2.75) is 36.7 Å². The summed E-state index contributed by atoms with van der Waals surface area (Å²) in [5.41, 5.74) is -1.57. The summed E-state index contributed by atoms with van der Waals surface area (Å²) in [4.78, 5) is 28.8. The molecule has 0 aromatic rings. The number of carbonyl (C=O) groups is 1. The Morgan fingerprint density at radius 3 is 2.40 bits per heavy atom. The summed E-state index contributed by atoms with van der Waals surface area (Å²) in [6.07, 6.45) is -3.92. The predicted octanol–water partition coefficient (Wildman–Crippen LogP) is -2.20. The lowest BCUT2D eigenvalue weighted by molar-refractivity contribution is -0.173. The fourth-order valence-corrected chi connectivity index (χ4v) is 3.81. The number of rotatable bonds is 5. The van der Waals surface area contributed by atoms with Crippen molar-refractivity contribution in [3.05, 3.63) is 0 Å². The molecule has 0 aromatic carbocycles. The van der Waals surface area contributed by atoms with Crippen LogP contribution in [0.4, 0.5) is 0 Å². The number of aliphatic hydroxyl groups is 3. The lowest BCUT2D eigenvalue weighted by atomic mass is 9.98. The first-order valence-corrected chi connectivity index (χ1v) is 8.56. The molecule has 5 atom stereocenters. The van der Waals surface area contributed by atoms with Gasteiger partial charge in [0.2, 0.25) is 5.91 Å². The van der Waals surface area contributed by atoms with Crippen LogP contribution in [0.2, 0.25) is 0 Å². The van der Waals surface area contributed by atoms with Crippen LogP contribution in [0.3, 0.4) is 0 Å². The molecule has 0 saturated carbocycles. The van der Waals surface area contributed by atoms with E-state index in [9.17, 15) is 19.6 Å². The molecule has 1 saturated heterocycles. The highest BCUT2D eigenvalue weighted by Crippen LogP contribution is 2.42. The largest absolute Gasteiger partial charge is 0.394 e. The van der Waals surface area contributed by atoms with Crippen molar-refractivity contribution >= 4 is 25.3 Å². The van der Waals surface area contributed by atoms with E-state index in [-0.39, 0.29) is 0 Å². The molecule has 118 valence electrons. The van der Waals surface area contributed by atoms with Crippen LogP contribution in [0.25, 0.3) is 0 Å². The van der Waals surface area contributed by atoms with Gasteiger partial charge in [-0.15, -0.1) is 11.8 Å². The summed E-state index contributed by atoms with van der Waals surface area (Å²) in [6.45, 7) is 0.625. The van der Waals surface area contributed by atoms with Crippen molar-refractivity contribution in [3.8, 4) is 0 Å². The number of ether oxygens (including phenoxy) is 1. The van der Waals surface area contributed by atoms with Gasteiger partial charge in [-0.2, -0.15) is 0 Å². The van der Waals surface area contributed by atoms with Crippen molar-refractivity contribution in [3.63, 3.8) is 0 Å². The van der Waals surface area contributed by atoms with E-state index in [0.717, 1.165) is 0 Å². The third kappa shape index (κ3) is 4.97. The maximum Gasteiger partial charge on any atom is 0.335 e. The quantitative estimate of drug-likeness (QED) is 0.308. The highest BCUT2D eigenvalue weighted by molar-refractivity contribution is 8.04. The Balaban J connectivity index is 2.83. The molecule has 1 heterocycles. The molecule has 1 aliphatic heterocycles. The van der Waals surface area contributed by atoms with Gasteiger partial charge in [0.05, 0.1) is 18.1 Å². The van der Waals surface area contributed by atoms with Crippen LogP contribution in [0.1, 0.15) is 6.92 Å². The monoisotopic (exact) mass is 331 g/mol. The molecule has 1 amide bonds. The highest BCUT2D eigenvalue weighted by Gasteiger charge is 2.45. The fourth-order valence-electron chi connectivity index (χ4n) is 1.78. The first-order chi connectivity index (χ1) is 9.15. The predicted molar refractivity (Wildman–Crippen MR) is 69.9 cm³/mol. The molecule has 0 bridgehead atoms. The molecule has 1 rings (SSSR count). The maximum absolute atomic E-state index is 11.1. The number of amides is 1. The van der Waals surface area contributed by atoms with Crippen LogP contribution >= 0.6 is 19.4 Å². The Bertz CT molecular complexity index is 390. The summed E-state index contributed by atoms with van der Waals surface area (Å²) in [7, 11) is -4.29. The van der Waals surface area contributed by atoms with Gasteiger partial charge in [0, 0.05) is 6.92 Å². The average molecular weight is 331 g/mol. The molecule has 0 aromatic heterocycles. The molecule has 0 unspecified atom stereocenters. The summed E-state index contributed by atoms with van der Waals surface area (Å²) in [5.74, 6) is -0.492. The van der Waals surface area contributed by atoms with Gasteiger partial charge in [0.25, 0.3) is 0 Å². The van der Waals surface area contributed by atoms with Crippen LogP contribution in [0.5, 0.6) is 0 Å². The molecule has 20 heavy (non-hydrogen) atoms. The third-order valence-corrected chi connectivity index (χ3v) is 5.33. The minimum absolute atomic E-state index is 0.492. The zero-order valence-corrected chi connectivity index (χ0v) is 12.3. The Hall–Kier alpha value is -0.190. The highest BCUT2D eigenvalue weighted by atomic mass is 32.2. The summed E-state index contributed by atoms with van der Waals surface area (Å²) < 4.78 is 16.1. The van der Waals surface area contributed by atoms with E-state index < -0.39 is 55.4 Å². The Morgan fingerprint density at radius 2 is 1.95 bits per heavy atom. The van der Waals surface area contributed by atoms with Crippen LogP contribution in [0, 0.1) is 0 Å². The van der Waals surface area contributed by atoms with Gasteiger partial charge in [-0.05, 0) is 0 Å². The van der Waals surface area contributed by atoms with E-state index in [1.54, 1.807) is 0 Å². The van der Waals surface area contributed by atoms with Gasteiger partial charge in [-0.1, -0.05) is 0 Å². The number of hydrogen-bond acceptors (Lipinski definition) is 7. The van der Waals surface area contributed by atoms with Gasteiger partial charge >= 0.3 is 7.60 Å². The van der Waals surface area contributed by atoms with Gasteiger partial charge in [-0.3, -0.25) is 9.36 Å². The molecule has 1 fully saturated rings. The van der Waals surface area contributed by atoms with Crippen LogP contribution in [-0.2, 0) is 14.1 Å². The lowest BCUT2D eigenvalue weighted by Crippen LogP contribution is -2.63. The second-order valence-corrected chi connectivity index (χ2v) is 7.55. The minimum atomic E-state index is -4.29. The zero-order valence-electron chi connectivity index (χ0n) is 10.6. The Morgan fingerprint density at radius 1 is 1.35 bits per heavy atom. The lowest BCUT2D eigenvalue weighted by Gasteiger charge is -2.42. The van der Waals surface area contributed by atoms with Gasteiger partial charge in [0.15, 0.2) is 0 Å². The number of hydrogen-bond donors (Lipinski definition) is 6. The second kappa shape index (κ2) is 7.19. The first kappa shape index (κ1) is 17.9. The standard InChI is InChI=1S/C9H18NO8PS/c1-4(12)10-6-8(14)7(13)5(2-11)18-9(6)20-3-19(15,16)17/h5-9,11,13-14H,2-3H2,1H3,(H,10,12)(H2,15,16,17)/t5-,6-,7-,8-,9+/m1/s1. The smallest absolute Gasteiger partial charge is 0.335 e. The second-order valence-electron chi connectivity index (χ2n) is 4.39. The maximum atomic E-state index is 11.1.